The Balaban J connectivity index is 2.09. The van der Waals surface area contributed by atoms with Crippen molar-refractivity contribution < 1.29 is 9.37 Å². The molecule has 0 bridgehead atoms. The standard InChI is InChI=1S/C14H19N3O/c1-11-7-5-6-10-17(11)14(15)16-13(18)12-8-3-2-4-9-12/h2-4,8-9,11H,5-7,10H2,1H3,(H2,15,16,18)/p+1/t11-/m0/s1. The van der Waals surface area contributed by atoms with Crippen LogP contribution in [0, 0.1) is 0 Å². The third-order valence-electron chi connectivity index (χ3n) is 3.39. The first-order chi connectivity index (χ1) is 8.68. The number of guanidine groups is 1. The van der Waals surface area contributed by atoms with E-state index in [1.54, 1.807) is 12.1 Å². The van der Waals surface area contributed by atoms with E-state index in [0.29, 0.717) is 17.6 Å². The second-order valence-corrected chi connectivity index (χ2v) is 4.74. The fourth-order valence-electron chi connectivity index (χ4n) is 2.31. The topological polar surface area (TPSA) is 58.1 Å². The highest BCUT2D eigenvalue weighted by molar-refractivity contribution is 6.03. The molecule has 18 heavy (non-hydrogen) atoms. The molecule has 4 nitrogen and oxygen atoms in total. The van der Waals surface area contributed by atoms with Gasteiger partial charge in [-0.2, -0.15) is 0 Å². The number of piperidine rings is 1. The molecule has 1 atom stereocenters. The maximum Gasteiger partial charge on any atom is 0.351 e. The Bertz CT molecular complexity index is 453. The molecule has 0 aliphatic carbocycles. The van der Waals surface area contributed by atoms with Crippen LogP contribution in [0.2, 0.25) is 0 Å². The number of nitrogens with one attached hydrogen (secondary N) is 1. The lowest BCUT2D eigenvalue weighted by atomic mass is 10.1. The Kier molecular flexibility index (Phi) is 3.97. The summed E-state index contributed by atoms with van der Waals surface area (Å²) in [7, 11) is 0. The van der Waals surface area contributed by atoms with Crippen LogP contribution in [0.1, 0.15) is 36.5 Å². The Morgan fingerprint density at radius 3 is 2.72 bits per heavy atom. The first-order valence-electron chi connectivity index (χ1n) is 6.44. The van der Waals surface area contributed by atoms with Gasteiger partial charge in [0.15, 0.2) is 0 Å². The van der Waals surface area contributed by atoms with Gasteiger partial charge in [-0.05, 0) is 38.3 Å². The van der Waals surface area contributed by atoms with Crippen LogP contribution in [-0.2, 0) is 0 Å². The molecule has 96 valence electrons. The minimum Gasteiger partial charge on any atom is -0.290 e. The number of hydrogen-bond acceptors (Lipinski definition) is 1. The van der Waals surface area contributed by atoms with Crippen molar-refractivity contribution in [2.24, 2.45) is 5.73 Å². The Hall–Kier alpha value is -1.84. The van der Waals surface area contributed by atoms with Gasteiger partial charge in [-0.3, -0.25) is 15.1 Å². The van der Waals surface area contributed by atoms with Crippen LogP contribution in [-0.4, -0.2) is 29.0 Å². The maximum absolute atomic E-state index is 12.0. The number of nitrogens with zero attached hydrogens (tertiary/aromatic N) is 1. The second kappa shape index (κ2) is 5.67. The van der Waals surface area contributed by atoms with Crippen molar-refractivity contribution in [3.63, 3.8) is 0 Å². The molecule has 0 aromatic heterocycles. The van der Waals surface area contributed by atoms with E-state index in [-0.39, 0.29) is 5.91 Å². The van der Waals surface area contributed by atoms with Crippen molar-refractivity contribution in [3.8, 4) is 0 Å². The van der Waals surface area contributed by atoms with E-state index in [1.165, 1.54) is 6.42 Å². The van der Waals surface area contributed by atoms with E-state index in [4.69, 9.17) is 5.73 Å². The molecule has 0 saturated carbocycles. The Morgan fingerprint density at radius 2 is 2.06 bits per heavy atom. The predicted molar refractivity (Wildman–Crippen MR) is 71.5 cm³/mol. The zero-order valence-electron chi connectivity index (χ0n) is 10.7. The number of benzene rings is 1. The fraction of sp³-hybridized carbons (Fsp3) is 0.429. The first-order valence-corrected chi connectivity index (χ1v) is 6.44. The predicted octanol–water partition coefficient (Wildman–Crippen LogP) is 1.32. The van der Waals surface area contributed by atoms with Gasteiger partial charge in [-0.1, -0.05) is 18.2 Å². The van der Waals surface area contributed by atoms with E-state index in [1.807, 2.05) is 18.2 Å². The van der Waals surface area contributed by atoms with Gasteiger partial charge in [-0.15, -0.1) is 0 Å². The Labute approximate surface area is 108 Å². The van der Waals surface area contributed by atoms with E-state index < -0.39 is 0 Å². The summed E-state index contributed by atoms with van der Waals surface area (Å²) in [6.45, 7) is 3.06. The highest BCUT2D eigenvalue weighted by Gasteiger charge is 2.21. The van der Waals surface area contributed by atoms with Gasteiger partial charge in [0, 0.05) is 0 Å². The lowest BCUT2D eigenvalue weighted by Crippen LogP contribution is -2.48. The molecular weight excluding hydrogens is 226 g/mol. The van der Waals surface area contributed by atoms with Crippen molar-refractivity contribution in [3.05, 3.63) is 35.9 Å². The Morgan fingerprint density at radius 1 is 1.33 bits per heavy atom. The smallest absolute Gasteiger partial charge is 0.290 e. The number of carbonyl (C=O) groups excluding carboxylic acids is 1. The summed E-state index contributed by atoms with van der Waals surface area (Å²) in [6.07, 6.45) is 3.49. The molecule has 1 amide bonds. The third-order valence-corrected chi connectivity index (χ3v) is 3.39. The summed E-state index contributed by atoms with van der Waals surface area (Å²) in [4.78, 5) is 12.0. The van der Waals surface area contributed by atoms with Crippen LogP contribution in [0.25, 0.3) is 0 Å². The lowest BCUT2D eigenvalue weighted by Gasteiger charge is -2.22. The molecule has 3 N–H and O–H groups in total. The second-order valence-electron chi connectivity index (χ2n) is 4.74. The summed E-state index contributed by atoms with van der Waals surface area (Å²) in [5.41, 5.74) is 6.62. The molecule has 1 saturated heterocycles. The number of nitrogens with two attached hydrogens (primary N) is 1. The van der Waals surface area contributed by atoms with Gasteiger partial charge in [0.05, 0.1) is 18.2 Å². The average molecular weight is 246 g/mol. The largest absolute Gasteiger partial charge is 0.351 e. The van der Waals surface area contributed by atoms with E-state index in [9.17, 15) is 4.79 Å². The summed E-state index contributed by atoms with van der Waals surface area (Å²) in [5, 5.41) is 2.78. The fourth-order valence-corrected chi connectivity index (χ4v) is 2.31. The first kappa shape index (κ1) is 12.6. The molecule has 1 aliphatic heterocycles. The minimum absolute atomic E-state index is 0.147. The minimum atomic E-state index is -0.147. The van der Waals surface area contributed by atoms with Crippen LogP contribution in [0.5, 0.6) is 0 Å². The van der Waals surface area contributed by atoms with Crippen molar-refractivity contribution in [2.75, 3.05) is 6.54 Å². The summed E-state index contributed by atoms with van der Waals surface area (Å²) < 4.78 is 2.07. The lowest BCUT2D eigenvalue weighted by molar-refractivity contribution is -0.574. The van der Waals surface area contributed by atoms with Crippen molar-refractivity contribution in [1.82, 2.24) is 5.32 Å². The molecule has 0 radical (unpaired) electrons. The number of carbonyl (C=O) groups is 1. The van der Waals surface area contributed by atoms with E-state index >= 15 is 0 Å². The molecule has 1 aromatic carbocycles. The summed E-state index contributed by atoms with van der Waals surface area (Å²) in [5.74, 6) is 0.321. The average Bonchev–Trinajstić information content (AvgIpc) is 2.40. The number of hydrogen-bond donors (Lipinski definition) is 2. The number of amides is 1. The van der Waals surface area contributed by atoms with Crippen LogP contribution in [0.3, 0.4) is 0 Å². The van der Waals surface area contributed by atoms with Crippen molar-refractivity contribution in [2.45, 2.75) is 32.2 Å². The van der Waals surface area contributed by atoms with Crippen LogP contribution < -0.4 is 11.1 Å². The zero-order chi connectivity index (χ0) is 13.0. The SMILES string of the molecule is C[C@H]1CCCC[N+]1=C(N)NC(=O)c1ccccc1. The molecule has 1 aromatic rings. The highest BCUT2D eigenvalue weighted by Crippen LogP contribution is 2.11. The van der Waals surface area contributed by atoms with Gasteiger partial charge in [0.2, 0.25) is 0 Å². The monoisotopic (exact) mass is 246 g/mol. The van der Waals surface area contributed by atoms with Gasteiger partial charge in [0.25, 0.3) is 0 Å². The van der Waals surface area contributed by atoms with Crippen molar-refractivity contribution >= 4 is 11.9 Å². The van der Waals surface area contributed by atoms with Gasteiger partial charge < -0.3 is 0 Å². The van der Waals surface area contributed by atoms with Gasteiger partial charge in [0.1, 0.15) is 0 Å². The molecule has 1 aliphatic rings. The quantitative estimate of drug-likeness (QED) is 0.580. The van der Waals surface area contributed by atoms with Crippen LogP contribution in [0.15, 0.2) is 30.3 Å². The van der Waals surface area contributed by atoms with Gasteiger partial charge in [-0.25, -0.2) is 5.32 Å². The summed E-state index contributed by atoms with van der Waals surface area (Å²) in [6, 6.07) is 9.53. The molecule has 4 heteroatoms. The third kappa shape index (κ3) is 2.88. The highest BCUT2D eigenvalue weighted by atomic mass is 16.1. The van der Waals surface area contributed by atoms with Crippen LogP contribution >= 0.6 is 0 Å². The molecule has 1 fully saturated rings. The molecule has 0 unspecified atom stereocenters. The maximum atomic E-state index is 12.0. The van der Waals surface area contributed by atoms with Crippen LogP contribution in [0.4, 0.5) is 0 Å². The molecule has 0 spiro atoms. The van der Waals surface area contributed by atoms with E-state index in [2.05, 4.69) is 16.8 Å². The molecular formula is C14H20N3O+. The van der Waals surface area contributed by atoms with Gasteiger partial charge >= 0.3 is 11.9 Å². The normalized spacial score (nSPS) is 22.4. The molecule has 2 rings (SSSR count). The van der Waals surface area contributed by atoms with Crippen molar-refractivity contribution in [1.29, 1.82) is 0 Å². The molecule has 1 heterocycles. The zero-order valence-corrected chi connectivity index (χ0v) is 10.7. The summed E-state index contributed by atoms with van der Waals surface area (Å²) >= 11 is 0. The number of rotatable bonds is 1. The van der Waals surface area contributed by atoms with E-state index in [0.717, 1.165) is 19.4 Å².